The van der Waals surface area contributed by atoms with Gasteiger partial charge >= 0.3 is 5.97 Å². The number of benzene rings is 4. The number of carboxylic acids is 1. The number of carboxylic acid groups (broad SMARTS) is 1. The lowest BCUT2D eigenvalue weighted by Crippen LogP contribution is -2.31. The third kappa shape index (κ3) is 7.02. The van der Waals surface area contributed by atoms with Gasteiger partial charge in [0.2, 0.25) is 0 Å². The molecule has 0 unspecified atom stereocenters. The second-order valence-electron chi connectivity index (χ2n) is 9.09. The molecule has 1 amide bonds. The number of halogens is 1. The van der Waals surface area contributed by atoms with Gasteiger partial charge in [-0.1, -0.05) is 90.5 Å². The molecule has 194 valence electrons. The van der Waals surface area contributed by atoms with E-state index < -0.39 is 5.97 Å². The molecule has 0 heterocycles. The van der Waals surface area contributed by atoms with Gasteiger partial charge < -0.3 is 14.7 Å². The number of rotatable bonds is 11. The zero-order chi connectivity index (χ0) is 26.9. The highest BCUT2D eigenvalue weighted by atomic mass is 35.5. The highest BCUT2D eigenvalue weighted by Gasteiger charge is 2.18. The zero-order valence-electron chi connectivity index (χ0n) is 21.3. The highest BCUT2D eigenvalue weighted by molar-refractivity contribution is 6.32. The molecule has 0 aliphatic carbocycles. The zero-order valence-corrected chi connectivity index (χ0v) is 22.0. The van der Waals surface area contributed by atoms with Crippen LogP contribution in [0.2, 0.25) is 5.02 Å². The summed E-state index contributed by atoms with van der Waals surface area (Å²) < 4.78 is 5.24. The first kappa shape index (κ1) is 27.0. The summed E-state index contributed by atoms with van der Waals surface area (Å²) in [5.41, 5.74) is 5.32. The molecular weight excluding hydrogens is 498 g/mol. The summed E-state index contributed by atoms with van der Waals surface area (Å²) in [5.74, 6) is -0.437. The second-order valence-corrected chi connectivity index (χ2v) is 9.50. The Labute approximate surface area is 228 Å². The minimum absolute atomic E-state index is 0.0357. The van der Waals surface area contributed by atoms with E-state index in [1.807, 2.05) is 71.6 Å². The molecule has 0 aliphatic rings. The third-order valence-corrected chi connectivity index (χ3v) is 6.72. The van der Waals surface area contributed by atoms with E-state index in [1.165, 1.54) is 5.56 Å². The number of ether oxygens (including phenoxy) is 1. The summed E-state index contributed by atoms with van der Waals surface area (Å²) in [6.45, 7) is 1.02. The molecule has 0 saturated heterocycles. The van der Waals surface area contributed by atoms with E-state index in [1.54, 1.807) is 25.3 Å². The van der Waals surface area contributed by atoms with Gasteiger partial charge in [-0.3, -0.25) is 9.59 Å². The Hall–Kier alpha value is -4.09. The molecule has 0 bridgehead atoms. The fourth-order valence-electron chi connectivity index (χ4n) is 4.48. The Balaban J connectivity index is 1.54. The van der Waals surface area contributed by atoms with E-state index in [4.69, 9.17) is 16.3 Å². The topological polar surface area (TPSA) is 66.8 Å². The van der Waals surface area contributed by atoms with Gasteiger partial charge in [-0.25, -0.2) is 0 Å². The van der Waals surface area contributed by atoms with Crippen LogP contribution in [0.15, 0.2) is 97.1 Å². The van der Waals surface area contributed by atoms with E-state index in [2.05, 4.69) is 12.1 Å². The van der Waals surface area contributed by atoms with Crippen molar-refractivity contribution in [3.05, 3.63) is 124 Å². The number of hydrogen-bond donors (Lipinski definition) is 1. The van der Waals surface area contributed by atoms with Crippen LogP contribution in [0, 0.1) is 0 Å². The van der Waals surface area contributed by atoms with Crippen molar-refractivity contribution in [3.63, 3.8) is 0 Å². The average molecular weight is 528 g/mol. The Bertz CT molecular complexity index is 1390. The average Bonchev–Trinajstić information content (AvgIpc) is 2.93. The van der Waals surface area contributed by atoms with Crippen molar-refractivity contribution in [1.29, 1.82) is 0 Å². The van der Waals surface area contributed by atoms with Crippen molar-refractivity contribution in [1.82, 2.24) is 4.90 Å². The van der Waals surface area contributed by atoms with Crippen LogP contribution in [0.4, 0.5) is 0 Å². The maximum absolute atomic E-state index is 13.6. The largest absolute Gasteiger partial charge is 0.495 e. The molecule has 6 heteroatoms. The number of methoxy groups -OCH3 is 1. The number of hydrogen-bond acceptors (Lipinski definition) is 3. The number of carbonyl (C=O) groups is 2. The fourth-order valence-corrected chi connectivity index (χ4v) is 4.74. The number of amides is 1. The van der Waals surface area contributed by atoms with Crippen LogP contribution in [-0.4, -0.2) is 35.5 Å². The fraction of sp³-hybridized carbons (Fsp3) is 0.188. The van der Waals surface area contributed by atoms with E-state index in [9.17, 15) is 14.7 Å². The van der Waals surface area contributed by atoms with Crippen molar-refractivity contribution >= 4 is 23.5 Å². The molecule has 0 aromatic heterocycles. The molecule has 1 N–H and O–H groups in total. The van der Waals surface area contributed by atoms with Crippen molar-refractivity contribution < 1.29 is 19.4 Å². The van der Waals surface area contributed by atoms with E-state index in [0.29, 0.717) is 29.4 Å². The van der Waals surface area contributed by atoms with Crippen molar-refractivity contribution in [2.45, 2.75) is 25.8 Å². The molecule has 0 spiro atoms. The van der Waals surface area contributed by atoms with E-state index in [0.717, 1.165) is 35.1 Å². The lowest BCUT2D eigenvalue weighted by Gasteiger charge is -2.24. The normalized spacial score (nSPS) is 10.7. The summed E-state index contributed by atoms with van der Waals surface area (Å²) in [6, 6.07) is 30.8. The summed E-state index contributed by atoms with van der Waals surface area (Å²) in [4.78, 5) is 26.7. The van der Waals surface area contributed by atoms with Crippen LogP contribution in [0.25, 0.3) is 11.1 Å². The minimum atomic E-state index is -0.864. The molecule has 0 atom stereocenters. The third-order valence-electron chi connectivity index (χ3n) is 6.42. The van der Waals surface area contributed by atoms with Gasteiger partial charge in [0.05, 0.1) is 18.6 Å². The first-order chi connectivity index (χ1) is 18.4. The van der Waals surface area contributed by atoms with Crippen LogP contribution in [0.5, 0.6) is 5.75 Å². The lowest BCUT2D eigenvalue weighted by molar-refractivity contribution is -0.136. The number of carbonyl (C=O) groups excluding carboxylic acids is 1. The molecular formula is C32H30ClNO4. The summed E-state index contributed by atoms with van der Waals surface area (Å²) in [5, 5.41) is 9.66. The van der Waals surface area contributed by atoms with Crippen molar-refractivity contribution in [2.24, 2.45) is 0 Å². The second kappa shape index (κ2) is 12.9. The predicted molar refractivity (Wildman–Crippen MR) is 151 cm³/mol. The van der Waals surface area contributed by atoms with Gasteiger partial charge in [0.15, 0.2) is 0 Å². The molecule has 4 rings (SSSR count). The Morgan fingerprint density at radius 2 is 1.58 bits per heavy atom. The number of aryl methyl sites for hydroxylation is 1. The molecule has 0 fully saturated rings. The van der Waals surface area contributed by atoms with Crippen LogP contribution >= 0.6 is 11.6 Å². The van der Waals surface area contributed by atoms with Crippen LogP contribution in [0.1, 0.15) is 33.5 Å². The molecule has 38 heavy (non-hydrogen) atoms. The van der Waals surface area contributed by atoms with Gasteiger partial charge in [0.25, 0.3) is 5.91 Å². The molecule has 4 aromatic carbocycles. The molecule has 0 aliphatic heterocycles. The standard InChI is InChI=1S/C32H30ClNO4/c1-38-30-18-17-27(20-29(30)33)32(37)34(19-7-10-23-8-3-2-4-9-23)22-24-13-15-25(16-14-24)28-12-6-5-11-26(28)21-31(35)36/h2-6,8-9,11-18,20H,7,10,19,21-22H2,1H3,(H,35,36). The molecule has 0 saturated carbocycles. The van der Waals surface area contributed by atoms with Gasteiger partial charge in [-0.05, 0) is 58.9 Å². The predicted octanol–water partition coefficient (Wildman–Crippen LogP) is 6.92. The van der Waals surface area contributed by atoms with E-state index in [-0.39, 0.29) is 12.3 Å². The Morgan fingerprint density at radius 1 is 0.868 bits per heavy atom. The summed E-state index contributed by atoms with van der Waals surface area (Å²) >= 11 is 6.31. The smallest absolute Gasteiger partial charge is 0.307 e. The first-order valence-electron chi connectivity index (χ1n) is 12.5. The van der Waals surface area contributed by atoms with Crippen molar-refractivity contribution in [3.8, 4) is 16.9 Å². The molecule has 5 nitrogen and oxygen atoms in total. The quantitative estimate of drug-likeness (QED) is 0.230. The number of nitrogens with zero attached hydrogens (tertiary/aromatic N) is 1. The van der Waals surface area contributed by atoms with Gasteiger partial charge in [0.1, 0.15) is 5.75 Å². The van der Waals surface area contributed by atoms with Gasteiger partial charge in [-0.2, -0.15) is 0 Å². The van der Waals surface area contributed by atoms with Crippen LogP contribution in [0.3, 0.4) is 0 Å². The lowest BCUT2D eigenvalue weighted by atomic mass is 9.97. The van der Waals surface area contributed by atoms with Gasteiger partial charge in [0, 0.05) is 18.7 Å². The maximum atomic E-state index is 13.6. The summed E-state index contributed by atoms with van der Waals surface area (Å²) in [7, 11) is 1.54. The van der Waals surface area contributed by atoms with Crippen LogP contribution in [-0.2, 0) is 24.2 Å². The maximum Gasteiger partial charge on any atom is 0.307 e. The number of aliphatic carboxylic acids is 1. The molecule has 4 aromatic rings. The Morgan fingerprint density at radius 3 is 2.26 bits per heavy atom. The van der Waals surface area contributed by atoms with Crippen molar-refractivity contribution in [2.75, 3.05) is 13.7 Å². The highest BCUT2D eigenvalue weighted by Crippen LogP contribution is 2.27. The monoisotopic (exact) mass is 527 g/mol. The van der Waals surface area contributed by atoms with E-state index >= 15 is 0 Å². The van der Waals surface area contributed by atoms with Gasteiger partial charge in [-0.15, -0.1) is 0 Å². The first-order valence-corrected chi connectivity index (χ1v) is 12.9. The SMILES string of the molecule is COc1ccc(C(=O)N(CCCc2ccccc2)Cc2ccc(-c3ccccc3CC(=O)O)cc2)cc1Cl. The Kier molecular flexibility index (Phi) is 9.17. The minimum Gasteiger partial charge on any atom is -0.495 e. The molecule has 0 radical (unpaired) electrons. The summed E-state index contributed by atoms with van der Waals surface area (Å²) in [6.07, 6.45) is 1.65. The van der Waals surface area contributed by atoms with Crippen LogP contribution < -0.4 is 4.74 Å².